The molecule has 0 amide bonds. The lowest BCUT2D eigenvalue weighted by molar-refractivity contribution is 0.892. The molecule has 2 rings (SSSR count). The monoisotopic (exact) mass is 226 g/mol. The highest BCUT2D eigenvalue weighted by molar-refractivity contribution is 9.10. The quantitative estimate of drug-likeness (QED) is 0.740. The van der Waals surface area contributed by atoms with Crippen LogP contribution < -0.4 is 0 Å². The van der Waals surface area contributed by atoms with Crippen molar-refractivity contribution in [2.24, 2.45) is 0 Å². The zero-order valence-corrected chi connectivity index (χ0v) is 8.11. The molecule has 0 fully saturated rings. The Hall–Kier alpha value is -0.970. The van der Waals surface area contributed by atoms with Crippen LogP contribution in [0.25, 0.3) is 5.65 Å². The molecule has 0 N–H and O–H groups in total. The van der Waals surface area contributed by atoms with Crippen LogP contribution >= 0.6 is 15.9 Å². The summed E-state index contributed by atoms with van der Waals surface area (Å²) in [5.74, 6) is 0. The number of halogens is 1. The van der Waals surface area contributed by atoms with Crippen LogP contribution in [0, 0.1) is 0 Å². The second-order valence-corrected chi connectivity index (χ2v) is 3.13. The fourth-order valence-corrected chi connectivity index (χ4v) is 1.34. The molecule has 0 atom stereocenters. The lowest BCUT2D eigenvalue weighted by Gasteiger charge is -1.94. The summed E-state index contributed by atoms with van der Waals surface area (Å²) in [4.78, 5) is 8.29. The summed E-state index contributed by atoms with van der Waals surface area (Å²) in [5.41, 5.74) is 1.78. The first kappa shape index (κ1) is 7.67. The summed E-state index contributed by atoms with van der Waals surface area (Å²) < 4.78 is 2.31. The molecular formula is C7H7BrN4. The second-order valence-electron chi connectivity index (χ2n) is 2.42. The molecule has 12 heavy (non-hydrogen) atoms. The van der Waals surface area contributed by atoms with Gasteiger partial charge in [0.15, 0.2) is 5.65 Å². The van der Waals surface area contributed by atoms with Crippen LogP contribution in [0.15, 0.2) is 17.1 Å². The van der Waals surface area contributed by atoms with Gasteiger partial charge in [-0.25, -0.2) is 4.52 Å². The molecule has 0 saturated heterocycles. The van der Waals surface area contributed by atoms with Gasteiger partial charge in [-0.15, -0.1) is 5.10 Å². The van der Waals surface area contributed by atoms with Gasteiger partial charge in [0, 0.05) is 0 Å². The van der Waals surface area contributed by atoms with Crippen LogP contribution in [0.4, 0.5) is 0 Å². The third-order valence-corrected chi connectivity index (χ3v) is 1.95. The Kier molecular flexibility index (Phi) is 1.80. The van der Waals surface area contributed by atoms with E-state index in [0.717, 1.165) is 17.8 Å². The lowest BCUT2D eigenvalue weighted by atomic mass is 10.4. The number of fused-ring (bicyclic) bond motifs is 1. The van der Waals surface area contributed by atoms with Gasteiger partial charge < -0.3 is 0 Å². The van der Waals surface area contributed by atoms with Gasteiger partial charge in [-0.2, -0.15) is 4.98 Å². The van der Waals surface area contributed by atoms with Gasteiger partial charge in [0.25, 0.3) is 0 Å². The van der Waals surface area contributed by atoms with E-state index in [1.807, 2.05) is 6.20 Å². The highest BCUT2D eigenvalue weighted by Gasteiger charge is 2.00. The van der Waals surface area contributed by atoms with Crippen LogP contribution in [0.5, 0.6) is 0 Å². The molecule has 62 valence electrons. The predicted octanol–water partition coefficient (Wildman–Crippen LogP) is 1.45. The molecule has 0 aliphatic carbocycles. The number of aryl methyl sites for hydroxylation is 1. The highest BCUT2D eigenvalue weighted by atomic mass is 79.9. The van der Waals surface area contributed by atoms with Crippen molar-refractivity contribution < 1.29 is 0 Å². The van der Waals surface area contributed by atoms with E-state index in [-0.39, 0.29) is 0 Å². The third kappa shape index (κ3) is 1.20. The molecule has 0 radical (unpaired) electrons. The van der Waals surface area contributed by atoms with Crippen LogP contribution in [0.1, 0.15) is 12.6 Å². The molecule has 2 aromatic rings. The smallest absolute Gasteiger partial charge is 0.218 e. The van der Waals surface area contributed by atoms with Crippen molar-refractivity contribution in [3.63, 3.8) is 0 Å². The predicted molar refractivity (Wildman–Crippen MR) is 47.9 cm³/mol. The molecule has 0 saturated carbocycles. The Morgan fingerprint density at radius 3 is 3.17 bits per heavy atom. The minimum atomic E-state index is 0.595. The Morgan fingerprint density at radius 2 is 2.42 bits per heavy atom. The Morgan fingerprint density at radius 1 is 1.58 bits per heavy atom. The number of hydrogen-bond acceptors (Lipinski definition) is 3. The van der Waals surface area contributed by atoms with Gasteiger partial charge in [-0.05, 0) is 22.4 Å². The molecule has 0 bridgehead atoms. The molecule has 0 unspecified atom stereocenters. The summed E-state index contributed by atoms with van der Waals surface area (Å²) in [6.07, 6.45) is 4.51. The molecule has 2 aromatic heterocycles. The highest BCUT2D eigenvalue weighted by Crippen LogP contribution is 2.06. The Balaban J connectivity index is 2.66. The molecule has 0 aliphatic rings. The van der Waals surface area contributed by atoms with Gasteiger partial charge in [-0.3, -0.25) is 4.98 Å². The van der Waals surface area contributed by atoms with Gasteiger partial charge in [-0.1, -0.05) is 6.92 Å². The largest absolute Gasteiger partial charge is 0.256 e. The summed E-state index contributed by atoms with van der Waals surface area (Å²) in [6.45, 7) is 2.06. The zero-order valence-electron chi connectivity index (χ0n) is 6.53. The molecule has 5 heteroatoms. The summed E-state index contributed by atoms with van der Waals surface area (Å²) in [5, 5.41) is 4.10. The van der Waals surface area contributed by atoms with Gasteiger partial charge in [0.2, 0.25) is 4.73 Å². The van der Waals surface area contributed by atoms with Crippen molar-refractivity contribution in [2.75, 3.05) is 0 Å². The average molecular weight is 227 g/mol. The minimum Gasteiger partial charge on any atom is -0.256 e. The molecule has 0 spiro atoms. The molecule has 0 aromatic carbocycles. The Labute approximate surface area is 77.8 Å². The lowest BCUT2D eigenvalue weighted by Crippen LogP contribution is -1.93. The van der Waals surface area contributed by atoms with Crippen molar-refractivity contribution in [1.29, 1.82) is 0 Å². The number of hydrogen-bond donors (Lipinski definition) is 0. The van der Waals surface area contributed by atoms with E-state index >= 15 is 0 Å². The molecule has 0 aliphatic heterocycles. The minimum absolute atomic E-state index is 0.595. The fourth-order valence-electron chi connectivity index (χ4n) is 0.989. The van der Waals surface area contributed by atoms with Crippen molar-refractivity contribution in [2.45, 2.75) is 13.3 Å². The molecule has 4 nitrogen and oxygen atoms in total. The van der Waals surface area contributed by atoms with E-state index in [1.54, 1.807) is 10.7 Å². The second kappa shape index (κ2) is 2.82. The van der Waals surface area contributed by atoms with Crippen molar-refractivity contribution in [1.82, 2.24) is 19.6 Å². The maximum absolute atomic E-state index is 4.19. The number of nitrogens with zero attached hydrogens (tertiary/aromatic N) is 4. The van der Waals surface area contributed by atoms with Crippen LogP contribution in [-0.4, -0.2) is 19.6 Å². The fraction of sp³-hybridized carbons (Fsp3) is 0.286. The first-order chi connectivity index (χ1) is 5.79. The maximum Gasteiger partial charge on any atom is 0.218 e. The van der Waals surface area contributed by atoms with Crippen molar-refractivity contribution in [3.05, 3.63) is 22.8 Å². The normalized spacial score (nSPS) is 10.8. The van der Waals surface area contributed by atoms with Crippen LogP contribution in [0.3, 0.4) is 0 Å². The van der Waals surface area contributed by atoms with Crippen molar-refractivity contribution in [3.8, 4) is 0 Å². The van der Waals surface area contributed by atoms with Crippen LogP contribution in [0.2, 0.25) is 0 Å². The van der Waals surface area contributed by atoms with E-state index < -0.39 is 0 Å². The number of rotatable bonds is 1. The molecular weight excluding hydrogens is 220 g/mol. The van der Waals surface area contributed by atoms with Crippen molar-refractivity contribution >= 4 is 21.6 Å². The van der Waals surface area contributed by atoms with E-state index in [9.17, 15) is 0 Å². The summed E-state index contributed by atoms with van der Waals surface area (Å²) in [7, 11) is 0. The standard InChI is InChI=1S/C7H7BrN4/c1-2-5-4-12-6(3-9-5)10-7(8)11-12/h3-4H,2H2,1H3. The zero-order chi connectivity index (χ0) is 8.55. The van der Waals surface area contributed by atoms with E-state index in [2.05, 4.69) is 37.9 Å². The SMILES string of the molecule is CCc1cn2nc(Br)nc2cn1. The average Bonchev–Trinajstić information content (AvgIpc) is 2.43. The van der Waals surface area contributed by atoms with E-state index in [1.165, 1.54) is 0 Å². The molecule has 2 heterocycles. The maximum atomic E-state index is 4.19. The van der Waals surface area contributed by atoms with Gasteiger partial charge in [0.1, 0.15) is 0 Å². The van der Waals surface area contributed by atoms with Gasteiger partial charge >= 0.3 is 0 Å². The number of aromatic nitrogens is 4. The van der Waals surface area contributed by atoms with Crippen LogP contribution in [-0.2, 0) is 6.42 Å². The summed E-state index contributed by atoms with van der Waals surface area (Å²) >= 11 is 3.20. The third-order valence-electron chi connectivity index (χ3n) is 1.61. The summed E-state index contributed by atoms with van der Waals surface area (Å²) in [6, 6.07) is 0. The Bertz CT molecular complexity index is 409. The van der Waals surface area contributed by atoms with E-state index in [4.69, 9.17) is 0 Å². The first-order valence-electron chi connectivity index (χ1n) is 3.66. The van der Waals surface area contributed by atoms with E-state index in [0.29, 0.717) is 4.73 Å². The topological polar surface area (TPSA) is 43.1 Å². The van der Waals surface area contributed by atoms with Gasteiger partial charge in [0.05, 0.1) is 18.1 Å². The first-order valence-corrected chi connectivity index (χ1v) is 4.45.